The summed E-state index contributed by atoms with van der Waals surface area (Å²) >= 11 is 0. The number of hydrogen-bond donors (Lipinski definition) is 1. The lowest BCUT2D eigenvalue weighted by Gasteiger charge is -2.11. The Morgan fingerprint density at radius 2 is 2.06 bits per heavy atom. The number of amides is 1. The maximum absolute atomic E-state index is 10.8. The predicted molar refractivity (Wildman–Crippen MR) is 56.8 cm³/mol. The van der Waals surface area contributed by atoms with Crippen LogP contribution in [0.2, 0.25) is 0 Å². The first-order chi connectivity index (χ1) is 8.22. The summed E-state index contributed by atoms with van der Waals surface area (Å²) in [4.78, 5) is 20.5. The van der Waals surface area contributed by atoms with Crippen molar-refractivity contribution >= 4 is 17.8 Å². The lowest BCUT2D eigenvalue weighted by molar-refractivity contribution is -0.384. The van der Waals surface area contributed by atoms with Crippen molar-refractivity contribution in [2.75, 3.05) is 5.32 Å². The zero-order valence-corrected chi connectivity index (χ0v) is 8.53. The van der Waals surface area contributed by atoms with Crippen molar-refractivity contribution < 1.29 is 19.2 Å². The first kappa shape index (κ1) is 10.9. The number of ether oxygens (including phenoxy) is 2. The van der Waals surface area contributed by atoms with Gasteiger partial charge in [-0.15, -0.1) is 0 Å². The first-order valence-electron chi connectivity index (χ1n) is 4.67. The van der Waals surface area contributed by atoms with Crippen molar-refractivity contribution in [2.45, 2.75) is 6.29 Å². The molecule has 0 unspecified atom stereocenters. The molecular formula is C10H8N2O5. The van der Waals surface area contributed by atoms with Gasteiger partial charge in [-0.25, -0.2) is 0 Å². The van der Waals surface area contributed by atoms with Crippen LogP contribution >= 0.6 is 0 Å². The molecule has 1 N–H and O–H groups in total. The average molecular weight is 236 g/mol. The van der Waals surface area contributed by atoms with Crippen LogP contribution in [-0.4, -0.2) is 11.3 Å². The molecule has 1 aromatic rings. The van der Waals surface area contributed by atoms with Crippen LogP contribution in [0.15, 0.2) is 30.7 Å². The second-order valence-corrected chi connectivity index (χ2v) is 3.17. The van der Waals surface area contributed by atoms with Crippen molar-refractivity contribution in [2.24, 2.45) is 0 Å². The molecule has 0 aromatic heterocycles. The van der Waals surface area contributed by atoms with Crippen LogP contribution in [0.25, 0.3) is 0 Å². The number of nitrogens with zero attached hydrogens (tertiary/aromatic N) is 1. The molecule has 2 rings (SSSR count). The van der Waals surface area contributed by atoms with Crippen molar-refractivity contribution in [3.63, 3.8) is 0 Å². The molecule has 0 bridgehead atoms. The van der Waals surface area contributed by atoms with Crippen molar-refractivity contribution in [3.05, 3.63) is 46.4 Å². The molecular weight excluding hydrogens is 228 g/mol. The van der Waals surface area contributed by atoms with E-state index in [1.165, 1.54) is 24.7 Å². The van der Waals surface area contributed by atoms with Crippen LogP contribution in [0.4, 0.5) is 11.4 Å². The molecule has 1 aliphatic heterocycles. The standard InChI is InChI=1S/C10H8N2O5/c13-6-11-8-2-1-7(5-9(8)12(14)15)10-16-3-4-17-10/h1-6,10H,(H,11,13). The van der Waals surface area contributed by atoms with Crippen molar-refractivity contribution in [3.8, 4) is 0 Å². The minimum Gasteiger partial charge on any atom is -0.455 e. The van der Waals surface area contributed by atoms with E-state index in [2.05, 4.69) is 5.32 Å². The van der Waals surface area contributed by atoms with Gasteiger partial charge in [0.2, 0.25) is 6.41 Å². The van der Waals surface area contributed by atoms with E-state index in [0.29, 0.717) is 12.0 Å². The van der Waals surface area contributed by atoms with Crippen LogP contribution in [0.5, 0.6) is 0 Å². The molecule has 0 saturated carbocycles. The maximum atomic E-state index is 10.8. The SMILES string of the molecule is O=CNc1ccc(C2OC=CO2)cc1[N+](=O)[O-]. The van der Waals surface area contributed by atoms with Gasteiger partial charge in [0.05, 0.1) is 4.92 Å². The van der Waals surface area contributed by atoms with Gasteiger partial charge in [-0.2, -0.15) is 0 Å². The number of anilines is 1. The van der Waals surface area contributed by atoms with Crippen LogP contribution < -0.4 is 5.32 Å². The van der Waals surface area contributed by atoms with E-state index in [-0.39, 0.29) is 11.4 Å². The number of hydrogen-bond acceptors (Lipinski definition) is 5. The summed E-state index contributed by atoms with van der Waals surface area (Å²) in [5.74, 6) is 0. The molecule has 0 fully saturated rings. The van der Waals surface area contributed by atoms with Crippen LogP contribution in [0.3, 0.4) is 0 Å². The van der Waals surface area contributed by atoms with E-state index >= 15 is 0 Å². The number of nitro groups is 1. The normalized spacial score (nSPS) is 13.9. The van der Waals surface area contributed by atoms with Crippen molar-refractivity contribution in [1.29, 1.82) is 0 Å². The number of nitro benzene ring substituents is 1. The number of rotatable bonds is 4. The molecule has 7 nitrogen and oxygen atoms in total. The molecule has 88 valence electrons. The largest absolute Gasteiger partial charge is 0.455 e. The van der Waals surface area contributed by atoms with E-state index < -0.39 is 11.2 Å². The highest BCUT2D eigenvalue weighted by molar-refractivity contribution is 5.77. The predicted octanol–water partition coefficient (Wildman–Crippen LogP) is 1.68. The third-order valence-electron chi connectivity index (χ3n) is 2.16. The molecule has 0 aliphatic carbocycles. The summed E-state index contributed by atoms with van der Waals surface area (Å²) < 4.78 is 10.1. The lowest BCUT2D eigenvalue weighted by Crippen LogP contribution is -2.03. The van der Waals surface area contributed by atoms with Gasteiger partial charge >= 0.3 is 0 Å². The van der Waals surface area contributed by atoms with Crippen LogP contribution in [0.1, 0.15) is 11.9 Å². The second kappa shape index (κ2) is 4.52. The molecule has 0 radical (unpaired) electrons. The van der Waals surface area contributed by atoms with Gasteiger partial charge in [-0.1, -0.05) is 0 Å². The zero-order valence-electron chi connectivity index (χ0n) is 8.53. The molecule has 1 amide bonds. The Bertz CT molecular complexity index is 478. The molecule has 1 aliphatic rings. The van der Waals surface area contributed by atoms with Gasteiger partial charge in [-0.05, 0) is 12.1 Å². The fraction of sp³-hybridized carbons (Fsp3) is 0.100. The van der Waals surface area contributed by atoms with E-state index in [0.717, 1.165) is 0 Å². The Labute approximate surface area is 95.8 Å². The molecule has 0 saturated heterocycles. The fourth-order valence-corrected chi connectivity index (χ4v) is 1.43. The Balaban J connectivity index is 2.34. The quantitative estimate of drug-likeness (QED) is 0.488. The molecule has 1 heterocycles. The van der Waals surface area contributed by atoms with Crippen LogP contribution in [-0.2, 0) is 14.3 Å². The van der Waals surface area contributed by atoms with Gasteiger partial charge in [0, 0.05) is 11.6 Å². The lowest BCUT2D eigenvalue weighted by atomic mass is 10.1. The monoisotopic (exact) mass is 236 g/mol. The minimum absolute atomic E-state index is 0.125. The molecule has 1 aromatic carbocycles. The number of benzene rings is 1. The highest BCUT2D eigenvalue weighted by Crippen LogP contribution is 2.31. The Morgan fingerprint density at radius 1 is 1.35 bits per heavy atom. The van der Waals surface area contributed by atoms with Gasteiger partial charge in [0.25, 0.3) is 12.0 Å². The summed E-state index contributed by atoms with van der Waals surface area (Å²) in [6.07, 6.45) is 2.41. The maximum Gasteiger partial charge on any atom is 0.293 e. The van der Waals surface area contributed by atoms with Gasteiger partial charge < -0.3 is 14.8 Å². The third kappa shape index (κ3) is 2.17. The van der Waals surface area contributed by atoms with Gasteiger partial charge in [0.15, 0.2) is 0 Å². The second-order valence-electron chi connectivity index (χ2n) is 3.17. The first-order valence-corrected chi connectivity index (χ1v) is 4.67. The highest BCUT2D eigenvalue weighted by Gasteiger charge is 2.21. The van der Waals surface area contributed by atoms with Gasteiger partial charge in [-0.3, -0.25) is 14.9 Å². The number of carbonyl (C=O) groups is 1. The number of carbonyl (C=O) groups excluding carboxylic acids is 1. The molecule has 7 heteroatoms. The highest BCUT2D eigenvalue weighted by atomic mass is 16.7. The smallest absolute Gasteiger partial charge is 0.293 e. The topological polar surface area (TPSA) is 90.7 Å². The number of nitrogens with one attached hydrogen (secondary N) is 1. The summed E-state index contributed by atoms with van der Waals surface area (Å²) in [6, 6.07) is 4.30. The molecule has 0 spiro atoms. The van der Waals surface area contributed by atoms with E-state index in [1.54, 1.807) is 6.07 Å². The minimum atomic E-state index is -0.681. The zero-order chi connectivity index (χ0) is 12.3. The summed E-state index contributed by atoms with van der Waals surface area (Å²) in [7, 11) is 0. The summed E-state index contributed by atoms with van der Waals surface area (Å²) in [5, 5.41) is 13.1. The Morgan fingerprint density at radius 3 is 2.65 bits per heavy atom. The molecule has 17 heavy (non-hydrogen) atoms. The Kier molecular flexibility index (Phi) is 2.91. The van der Waals surface area contributed by atoms with Gasteiger partial charge in [0.1, 0.15) is 18.2 Å². The summed E-state index contributed by atoms with van der Waals surface area (Å²) in [5.41, 5.74) is 0.409. The van der Waals surface area contributed by atoms with E-state index in [9.17, 15) is 14.9 Å². The van der Waals surface area contributed by atoms with Crippen molar-refractivity contribution in [1.82, 2.24) is 0 Å². The molecule has 0 atom stereocenters. The average Bonchev–Trinajstić information content (AvgIpc) is 2.83. The third-order valence-corrected chi connectivity index (χ3v) is 2.16. The summed E-state index contributed by atoms with van der Waals surface area (Å²) in [6.45, 7) is 0. The Hall–Kier alpha value is -2.57. The fourth-order valence-electron chi connectivity index (χ4n) is 1.43. The van der Waals surface area contributed by atoms with E-state index in [1.807, 2.05) is 0 Å². The van der Waals surface area contributed by atoms with E-state index in [4.69, 9.17) is 9.47 Å². The van der Waals surface area contributed by atoms with Crippen LogP contribution in [0, 0.1) is 10.1 Å².